The van der Waals surface area contributed by atoms with Crippen LogP contribution in [0.15, 0.2) is 48.8 Å². The van der Waals surface area contributed by atoms with Gasteiger partial charge < -0.3 is 19.7 Å². The molecule has 3 rings (SSSR count). The molecule has 27 heavy (non-hydrogen) atoms. The number of hydrogen-bond acceptors (Lipinski definition) is 6. The van der Waals surface area contributed by atoms with Gasteiger partial charge in [-0.2, -0.15) is 0 Å². The highest BCUT2D eigenvalue weighted by molar-refractivity contribution is 6.03. The summed E-state index contributed by atoms with van der Waals surface area (Å²) in [6.07, 6.45) is 6.43. The lowest BCUT2D eigenvalue weighted by atomic mass is 10.1. The summed E-state index contributed by atoms with van der Waals surface area (Å²) in [5, 5.41) is 2.76. The molecule has 140 valence electrons. The number of anilines is 2. The van der Waals surface area contributed by atoms with Crippen LogP contribution in [0.25, 0.3) is 6.08 Å². The van der Waals surface area contributed by atoms with E-state index in [2.05, 4.69) is 15.2 Å². The molecule has 2 aromatic rings. The topological polar surface area (TPSA) is 80.8 Å². The number of carbonyl (C=O) groups is 2. The van der Waals surface area contributed by atoms with Crippen LogP contribution >= 0.6 is 0 Å². The zero-order valence-corrected chi connectivity index (χ0v) is 15.1. The van der Waals surface area contributed by atoms with E-state index in [1.165, 1.54) is 13.2 Å². The van der Waals surface area contributed by atoms with Crippen molar-refractivity contribution < 1.29 is 19.1 Å². The fraction of sp³-hybridized carbons (Fsp3) is 0.250. The molecule has 1 amide bonds. The Kier molecular flexibility index (Phi) is 6.17. The number of aromatic nitrogens is 1. The number of carbonyl (C=O) groups excluding carboxylic acids is 2. The van der Waals surface area contributed by atoms with Crippen LogP contribution in [0.3, 0.4) is 0 Å². The van der Waals surface area contributed by atoms with Crippen LogP contribution in [-0.2, 0) is 14.3 Å². The van der Waals surface area contributed by atoms with Crippen LogP contribution in [0.2, 0.25) is 0 Å². The molecule has 0 unspecified atom stereocenters. The maximum Gasteiger partial charge on any atom is 0.340 e. The predicted octanol–water partition coefficient (Wildman–Crippen LogP) is 2.36. The molecular formula is C20H21N3O4. The molecule has 0 spiro atoms. The van der Waals surface area contributed by atoms with Gasteiger partial charge in [0.1, 0.15) is 0 Å². The van der Waals surface area contributed by atoms with E-state index in [9.17, 15) is 9.59 Å². The van der Waals surface area contributed by atoms with Gasteiger partial charge in [-0.15, -0.1) is 0 Å². The summed E-state index contributed by atoms with van der Waals surface area (Å²) >= 11 is 0. The Bertz CT molecular complexity index is 830. The molecule has 1 saturated heterocycles. The number of amides is 1. The first kappa shape index (κ1) is 18.6. The monoisotopic (exact) mass is 367 g/mol. The summed E-state index contributed by atoms with van der Waals surface area (Å²) in [4.78, 5) is 30.4. The molecule has 0 saturated carbocycles. The quantitative estimate of drug-likeness (QED) is 0.645. The van der Waals surface area contributed by atoms with Crippen LogP contribution in [0.1, 0.15) is 15.9 Å². The first-order chi connectivity index (χ1) is 13.2. The molecule has 0 radical (unpaired) electrons. The molecule has 1 N–H and O–H groups in total. The van der Waals surface area contributed by atoms with E-state index in [-0.39, 0.29) is 5.91 Å². The van der Waals surface area contributed by atoms with Gasteiger partial charge in [0.15, 0.2) is 0 Å². The highest BCUT2D eigenvalue weighted by atomic mass is 16.5. The number of benzene rings is 1. The molecule has 7 nitrogen and oxygen atoms in total. The molecule has 0 bridgehead atoms. The van der Waals surface area contributed by atoms with Crippen molar-refractivity contribution in [2.24, 2.45) is 0 Å². The van der Waals surface area contributed by atoms with E-state index in [1.54, 1.807) is 36.7 Å². The van der Waals surface area contributed by atoms with Gasteiger partial charge in [0, 0.05) is 37.2 Å². The van der Waals surface area contributed by atoms with Gasteiger partial charge in [-0.25, -0.2) is 4.79 Å². The molecular weight excluding hydrogens is 346 g/mol. The number of rotatable bonds is 5. The van der Waals surface area contributed by atoms with Crippen LogP contribution in [0.5, 0.6) is 0 Å². The van der Waals surface area contributed by atoms with Crippen molar-refractivity contribution in [1.82, 2.24) is 4.98 Å². The third-order valence-corrected chi connectivity index (χ3v) is 4.13. The lowest BCUT2D eigenvalue weighted by Gasteiger charge is -2.30. The Morgan fingerprint density at radius 1 is 1.26 bits per heavy atom. The van der Waals surface area contributed by atoms with Crippen LogP contribution < -0.4 is 10.2 Å². The van der Waals surface area contributed by atoms with Gasteiger partial charge in [-0.05, 0) is 35.9 Å². The minimum absolute atomic E-state index is 0.297. The molecule has 1 aliphatic rings. The average molecular weight is 367 g/mol. The summed E-state index contributed by atoms with van der Waals surface area (Å²) < 4.78 is 10.3. The van der Waals surface area contributed by atoms with Gasteiger partial charge >= 0.3 is 5.97 Å². The van der Waals surface area contributed by atoms with Gasteiger partial charge in [0.05, 0.1) is 31.6 Å². The van der Waals surface area contributed by atoms with Crippen molar-refractivity contribution in [3.63, 3.8) is 0 Å². The third kappa shape index (κ3) is 4.92. The Hall–Kier alpha value is -3.19. The fourth-order valence-corrected chi connectivity index (χ4v) is 2.80. The highest BCUT2D eigenvalue weighted by Crippen LogP contribution is 2.26. The highest BCUT2D eigenvalue weighted by Gasteiger charge is 2.20. The maximum absolute atomic E-state index is 12.2. The second kappa shape index (κ2) is 8.95. The number of morpholine rings is 1. The van der Waals surface area contributed by atoms with Crippen molar-refractivity contribution in [2.45, 2.75) is 0 Å². The van der Waals surface area contributed by atoms with Crippen molar-refractivity contribution in [1.29, 1.82) is 0 Å². The minimum Gasteiger partial charge on any atom is -0.465 e. The largest absolute Gasteiger partial charge is 0.465 e. The van der Waals surface area contributed by atoms with Crippen LogP contribution in [0, 0.1) is 0 Å². The molecule has 7 heteroatoms. The molecule has 1 fully saturated rings. The van der Waals surface area contributed by atoms with E-state index in [0.717, 1.165) is 11.3 Å². The number of nitrogens with zero attached hydrogens (tertiary/aromatic N) is 2. The zero-order valence-electron chi connectivity index (χ0n) is 15.1. The minimum atomic E-state index is -0.446. The van der Waals surface area contributed by atoms with Gasteiger partial charge in [0.25, 0.3) is 0 Å². The second-order valence-corrected chi connectivity index (χ2v) is 5.93. The van der Waals surface area contributed by atoms with Crippen LogP contribution in [-0.4, -0.2) is 50.3 Å². The van der Waals surface area contributed by atoms with E-state index in [0.29, 0.717) is 37.6 Å². The SMILES string of the molecule is COC(=O)c1cc(NC(=O)C=Cc2cccnc2)ccc1N1CCOCC1. The first-order valence-electron chi connectivity index (χ1n) is 8.61. The van der Waals surface area contributed by atoms with Crippen molar-refractivity contribution in [2.75, 3.05) is 43.6 Å². The predicted molar refractivity (Wildman–Crippen MR) is 103 cm³/mol. The maximum atomic E-state index is 12.2. The smallest absolute Gasteiger partial charge is 0.340 e. The second-order valence-electron chi connectivity index (χ2n) is 5.93. The van der Waals surface area contributed by atoms with Gasteiger partial charge in [0.2, 0.25) is 5.91 Å². The van der Waals surface area contributed by atoms with E-state index >= 15 is 0 Å². The average Bonchev–Trinajstić information content (AvgIpc) is 2.73. The fourth-order valence-electron chi connectivity index (χ4n) is 2.80. The van der Waals surface area contributed by atoms with Crippen molar-refractivity contribution >= 4 is 29.3 Å². The summed E-state index contributed by atoms with van der Waals surface area (Å²) in [6, 6.07) is 8.87. The Balaban J connectivity index is 1.76. The number of esters is 1. The Morgan fingerprint density at radius 2 is 2.07 bits per heavy atom. The number of hydrogen-bond donors (Lipinski definition) is 1. The summed E-state index contributed by atoms with van der Waals surface area (Å²) in [6.45, 7) is 2.61. The number of ether oxygens (including phenoxy) is 2. The van der Waals surface area contributed by atoms with Gasteiger partial charge in [-0.1, -0.05) is 6.07 Å². The lowest BCUT2D eigenvalue weighted by molar-refractivity contribution is -0.111. The molecule has 1 aromatic carbocycles. The summed E-state index contributed by atoms with van der Waals surface area (Å²) in [7, 11) is 1.34. The molecule has 0 aliphatic carbocycles. The lowest BCUT2D eigenvalue weighted by Crippen LogP contribution is -2.37. The normalized spacial score (nSPS) is 14.2. The van der Waals surface area contributed by atoms with Crippen molar-refractivity contribution in [3.8, 4) is 0 Å². The Morgan fingerprint density at radius 3 is 2.78 bits per heavy atom. The first-order valence-corrected chi connectivity index (χ1v) is 8.61. The molecule has 0 atom stereocenters. The third-order valence-electron chi connectivity index (χ3n) is 4.13. The standard InChI is InChI=1S/C20H21N3O4/c1-26-20(25)17-13-16(5-6-18(17)23-9-11-27-12-10-23)22-19(24)7-4-15-3-2-8-21-14-15/h2-8,13-14H,9-12H2,1H3,(H,22,24). The van der Waals surface area contributed by atoms with E-state index in [1.807, 2.05) is 12.1 Å². The Labute approximate surface area is 157 Å². The molecule has 1 aliphatic heterocycles. The van der Waals surface area contributed by atoms with Gasteiger partial charge in [-0.3, -0.25) is 9.78 Å². The summed E-state index contributed by atoms with van der Waals surface area (Å²) in [5.41, 5.74) is 2.53. The van der Waals surface area contributed by atoms with E-state index in [4.69, 9.17) is 9.47 Å². The molecule has 2 heterocycles. The number of nitrogens with one attached hydrogen (secondary N) is 1. The zero-order chi connectivity index (χ0) is 19.1. The summed E-state index contributed by atoms with van der Waals surface area (Å²) in [5.74, 6) is -0.743. The number of methoxy groups -OCH3 is 1. The van der Waals surface area contributed by atoms with Crippen LogP contribution in [0.4, 0.5) is 11.4 Å². The number of pyridine rings is 1. The van der Waals surface area contributed by atoms with E-state index < -0.39 is 5.97 Å². The molecule has 1 aromatic heterocycles. The van der Waals surface area contributed by atoms with Crippen molar-refractivity contribution in [3.05, 3.63) is 59.9 Å².